The number of aromatic nitrogens is 2. The Balaban J connectivity index is 1.95. The summed E-state index contributed by atoms with van der Waals surface area (Å²) in [6.45, 7) is 0. The maximum absolute atomic E-state index is 12.7. The lowest BCUT2D eigenvalue weighted by Crippen LogP contribution is -2.44. The minimum atomic E-state index is -1.03. The number of para-hydroxylation sites is 1. The maximum atomic E-state index is 12.7. The van der Waals surface area contributed by atoms with Gasteiger partial charge in [-0.1, -0.05) is 18.2 Å². The van der Waals surface area contributed by atoms with E-state index in [-0.39, 0.29) is 27.7 Å². The quantitative estimate of drug-likeness (QED) is 0.176. The Morgan fingerprint density at radius 2 is 1.82 bits per heavy atom. The van der Waals surface area contributed by atoms with E-state index in [4.69, 9.17) is 10.6 Å². The van der Waals surface area contributed by atoms with Crippen molar-refractivity contribution in [2.24, 2.45) is 5.84 Å². The van der Waals surface area contributed by atoms with Crippen LogP contribution in [0.2, 0.25) is 0 Å². The summed E-state index contributed by atoms with van der Waals surface area (Å²) in [5, 5.41) is 12.4. The number of nitrogens with zero attached hydrogens (tertiary/aromatic N) is 3. The summed E-state index contributed by atoms with van der Waals surface area (Å²) in [7, 11) is 0. The molecule has 2 amide bonds. The minimum Gasteiger partial charge on any atom is -0.616 e. The highest BCUT2D eigenvalue weighted by Crippen LogP contribution is 2.22. The van der Waals surface area contributed by atoms with Crippen molar-refractivity contribution in [3.05, 3.63) is 89.0 Å². The first kappa shape index (κ1) is 18.7. The Bertz CT molecular complexity index is 1040. The van der Waals surface area contributed by atoms with Gasteiger partial charge in [0.25, 0.3) is 11.8 Å². The lowest BCUT2D eigenvalue weighted by Gasteiger charge is -2.16. The molecule has 0 bridgehead atoms. The fraction of sp³-hybridized carbons (Fsp3) is 0. The van der Waals surface area contributed by atoms with Gasteiger partial charge in [0.05, 0.1) is 5.56 Å². The van der Waals surface area contributed by atoms with Gasteiger partial charge in [0.2, 0.25) is 6.29 Å². The summed E-state index contributed by atoms with van der Waals surface area (Å²) < 4.78 is 5.84. The van der Waals surface area contributed by atoms with Gasteiger partial charge in [0, 0.05) is 12.3 Å². The number of amides is 2. The Labute approximate surface area is 159 Å². The second-order valence-corrected chi connectivity index (χ2v) is 5.45. The minimum absolute atomic E-state index is 0.150. The first-order chi connectivity index (χ1) is 13.5. The predicted molar refractivity (Wildman–Crippen MR) is 95.6 cm³/mol. The van der Waals surface area contributed by atoms with Crippen molar-refractivity contribution >= 4 is 18.1 Å². The second kappa shape index (κ2) is 8.06. The van der Waals surface area contributed by atoms with Crippen molar-refractivity contribution in [3.8, 4) is 11.6 Å². The number of hydrogen-bond donors (Lipinski definition) is 1. The van der Waals surface area contributed by atoms with E-state index in [1.165, 1.54) is 30.5 Å². The van der Waals surface area contributed by atoms with E-state index in [2.05, 4.69) is 4.98 Å². The first-order valence-corrected chi connectivity index (χ1v) is 7.94. The topological polar surface area (TPSA) is 130 Å². The van der Waals surface area contributed by atoms with Crippen molar-refractivity contribution in [1.29, 1.82) is 0 Å². The molecule has 3 rings (SSSR count). The number of pyridine rings is 2. The van der Waals surface area contributed by atoms with Crippen molar-refractivity contribution in [2.75, 3.05) is 0 Å². The van der Waals surface area contributed by atoms with E-state index in [1.807, 2.05) is 0 Å². The van der Waals surface area contributed by atoms with Crippen molar-refractivity contribution < 1.29 is 23.9 Å². The highest BCUT2D eigenvalue weighted by Gasteiger charge is 2.30. The summed E-state index contributed by atoms with van der Waals surface area (Å²) in [5.74, 6) is 3.57. The highest BCUT2D eigenvalue weighted by molar-refractivity contribution is 6.11. The summed E-state index contributed by atoms with van der Waals surface area (Å²) in [6.07, 6.45) is 3.96. The van der Waals surface area contributed by atoms with Crippen LogP contribution in [0.1, 0.15) is 26.4 Å². The van der Waals surface area contributed by atoms with Crippen LogP contribution < -0.4 is 15.3 Å². The van der Waals surface area contributed by atoms with Crippen molar-refractivity contribution in [1.82, 2.24) is 9.99 Å². The molecule has 139 valence electrons. The zero-order valence-corrected chi connectivity index (χ0v) is 14.3. The normalized spacial score (nSPS) is 10.2. The van der Waals surface area contributed by atoms with Gasteiger partial charge < -0.3 is 9.94 Å². The fourth-order valence-electron chi connectivity index (χ4n) is 2.33. The average molecular weight is 377 g/mol. The molecule has 0 atom stereocenters. The van der Waals surface area contributed by atoms with Crippen LogP contribution in [-0.4, -0.2) is 28.1 Å². The van der Waals surface area contributed by atoms with Gasteiger partial charge in [-0.25, -0.2) is 10.9 Å². The number of benzene rings is 1. The molecule has 0 spiro atoms. The molecule has 1 radical (unpaired) electrons. The number of rotatable bonds is 5. The Hall–Kier alpha value is -4.11. The van der Waals surface area contributed by atoms with Crippen molar-refractivity contribution in [2.45, 2.75) is 0 Å². The van der Waals surface area contributed by atoms with E-state index in [1.54, 1.807) is 36.6 Å². The standard InChI is InChI=1S/C19H13N4O5/c20-23(18(26)16-13(12-24)6-4-10-21-16)17(25)15-9-5-11-22(27)19(15)28-14-7-2-1-3-8-14/h1-11H,20H2. The monoisotopic (exact) mass is 377 g/mol. The van der Waals surface area contributed by atoms with Gasteiger partial charge in [-0.3, -0.25) is 19.4 Å². The summed E-state index contributed by atoms with van der Waals surface area (Å²) in [6, 6.07) is 13.6. The molecular formula is C19H13N4O5. The molecule has 0 unspecified atom stereocenters. The number of nitrogens with two attached hydrogens (primary N) is 1. The SMILES string of the molecule is NN(C(=O)c1ccc[n+]([O-])c1Oc1ccccc1)C(=O)c1ncccc1[C]=O. The van der Waals surface area contributed by atoms with Gasteiger partial charge in [0.1, 0.15) is 11.4 Å². The third kappa shape index (κ3) is 3.69. The summed E-state index contributed by atoms with van der Waals surface area (Å²) >= 11 is 0. The Morgan fingerprint density at radius 1 is 1.07 bits per heavy atom. The van der Waals surface area contributed by atoms with Crippen LogP contribution in [0.5, 0.6) is 11.6 Å². The largest absolute Gasteiger partial charge is 0.616 e. The van der Waals surface area contributed by atoms with Crippen molar-refractivity contribution in [3.63, 3.8) is 0 Å². The van der Waals surface area contributed by atoms with Gasteiger partial charge in [-0.2, -0.15) is 0 Å². The lowest BCUT2D eigenvalue weighted by molar-refractivity contribution is -0.611. The van der Waals surface area contributed by atoms with Crippen LogP contribution in [0.3, 0.4) is 0 Å². The van der Waals surface area contributed by atoms with E-state index in [9.17, 15) is 19.6 Å². The third-order valence-corrected chi connectivity index (χ3v) is 3.66. The molecule has 9 nitrogen and oxygen atoms in total. The second-order valence-electron chi connectivity index (χ2n) is 5.45. The molecule has 0 aliphatic rings. The Kier molecular flexibility index (Phi) is 5.38. The molecule has 1 aromatic carbocycles. The number of ether oxygens (including phenoxy) is 1. The molecule has 2 heterocycles. The number of hydrazine groups is 1. The van der Waals surface area contributed by atoms with Crippen LogP contribution in [0.15, 0.2) is 67.0 Å². The maximum Gasteiger partial charge on any atom is 0.398 e. The first-order valence-electron chi connectivity index (χ1n) is 7.94. The zero-order valence-electron chi connectivity index (χ0n) is 14.3. The zero-order chi connectivity index (χ0) is 20.1. The molecule has 28 heavy (non-hydrogen) atoms. The van der Waals surface area contributed by atoms with E-state index < -0.39 is 11.8 Å². The molecule has 3 aromatic rings. The number of carbonyl (C=O) groups excluding carboxylic acids is 3. The van der Waals surface area contributed by atoms with E-state index in [0.29, 0.717) is 10.5 Å². The fourth-order valence-corrected chi connectivity index (χ4v) is 2.33. The Morgan fingerprint density at radius 3 is 2.54 bits per heavy atom. The van der Waals surface area contributed by atoms with Gasteiger partial charge >= 0.3 is 5.88 Å². The molecule has 0 saturated carbocycles. The molecular weight excluding hydrogens is 364 g/mol. The molecule has 2 N–H and O–H groups in total. The van der Waals surface area contributed by atoms with E-state index >= 15 is 0 Å². The summed E-state index contributed by atoms with van der Waals surface area (Å²) in [5.41, 5.74) is -0.738. The van der Waals surface area contributed by atoms with Crippen LogP contribution in [0.25, 0.3) is 0 Å². The van der Waals surface area contributed by atoms with Gasteiger partial charge in [-0.15, -0.1) is 4.73 Å². The lowest BCUT2D eigenvalue weighted by atomic mass is 10.2. The molecule has 0 fully saturated rings. The molecule has 2 aromatic heterocycles. The number of carbonyl (C=O) groups is 2. The number of hydrogen-bond acceptors (Lipinski definition) is 7. The smallest absolute Gasteiger partial charge is 0.398 e. The van der Waals surface area contributed by atoms with Crippen LogP contribution in [0, 0.1) is 5.21 Å². The highest BCUT2D eigenvalue weighted by atomic mass is 16.6. The van der Waals surface area contributed by atoms with Crippen LogP contribution in [0.4, 0.5) is 0 Å². The van der Waals surface area contributed by atoms with E-state index in [0.717, 1.165) is 6.20 Å². The molecule has 0 saturated heterocycles. The van der Waals surface area contributed by atoms with Crippen LogP contribution in [-0.2, 0) is 4.79 Å². The van der Waals surface area contributed by atoms with Crippen LogP contribution >= 0.6 is 0 Å². The van der Waals surface area contributed by atoms with Gasteiger partial charge in [-0.05, 0) is 30.3 Å². The molecule has 9 heteroatoms. The number of imide groups is 1. The average Bonchev–Trinajstić information content (AvgIpc) is 2.74. The predicted octanol–water partition coefficient (Wildman–Crippen LogP) is 1.12. The third-order valence-electron chi connectivity index (χ3n) is 3.66. The summed E-state index contributed by atoms with van der Waals surface area (Å²) in [4.78, 5) is 40.0. The molecule has 0 aliphatic carbocycles. The van der Waals surface area contributed by atoms with Gasteiger partial charge in [0.15, 0.2) is 11.8 Å². The molecule has 0 aliphatic heterocycles.